The smallest absolute Gasteiger partial charge is 0.308 e. The van der Waals surface area contributed by atoms with E-state index < -0.39 is 0 Å². The Morgan fingerprint density at radius 2 is 2.31 bits per heavy atom. The van der Waals surface area contributed by atoms with Gasteiger partial charge in [-0.25, -0.2) is 0 Å². The molecule has 1 rings (SSSR count). The third kappa shape index (κ3) is 4.01. The average molecular weight is 219 g/mol. The van der Waals surface area contributed by atoms with Gasteiger partial charge in [0.2, 0.25) is 0 Å². The largest absolute Gasteiger partial charge is 0.493 e. The van der Waals surface area contributed by atoms with E-state index >= 15 is 0 Å². The van der Waals surface area contributed by atoms with Crippen molar-refractivity contribution in [2.75, 3.05) is 13.7 Å². The molecule has 1 aromatic carbocycles. The Morgan fingerprint density at radius 3 is 3.00 bits per heavy atom. The summed E-state index contributed by atoms with van der Waals surface area (Å²) < 4.78 is 9.84. The van der Waals surface area contributed by atoms with Crippen LogP contribution < -0.4 is 4.74 Å². The van der Waals surface area contributed by atoms with E-state index in [0.29, 0.717) is 12.2 Å². The number of carbonyl (C=O) groups is 1. The van der Waals surface area contributed by atoms with Crippen LogP contribution in [0.25, 0.3) is 0 Å². The third-order valence-electron chi connectivity index (χ3n) is 1.98. The molecule has 0 aliphatic rings. The number of nitrogens with zero attached hydrogens (tertiary/aromatic N) is 1. The zero-order valence-electron chi connectivity index (χ0n) is 9.10. The molecule has 0 saturated heterocycles. The van der Waals surface area contributed by atoms with Crippen molar-refractivity contribution in [3.05, 3.63) is 29.8 Å². The van der Waals surface area contributed by atoms with Crippen molar-refractivity contribution in [3.8, 4) is 11.8 Å². The van der Waals surface area contributed by atoms with E-state index in [0.717, 1.165) is 5.56 Å². The van der Waals surface area contributed by atoms with Crippen molar-refractivity contribution in [2.24, 2.45) is 0 Å². The molecule has 0 aromatic heterocycles. The van der Waals surface area contributed by atoms with Gasteiger partial charge >= 0.3 is 5.97 Å². The maximum Gasteiger partial charge on any atom is 0.308 e. The van der Waals surface area contributed by atoms with Crippen LogP contribution in [0.1, 0.15) is 12.0 Å². The molecule has 0 atom stereocenters. The number of nitriles is 1. The van der Waals surface area contributed by atoms with Crippen LogP contribution in [-0.2, 0) is 16.0 Å². The fourth-order valence-electron chi connectivity index (χ4n) is 1.19. The average Bonchev–Trinajstić information content (AvgIpc) is 2.30. The number of benzene rings is 1. The fraction of sp³-hybridized carbons (Fsp3) is 0.333. The fourth-order valence-corrected chi connectivity index (χ4v) is 1.19. The monoisotopic (exact) mass is 219 g/mol. The van der Waals surface area contributed by atoms with Crippen molar-refractivity contribution in [2.45, 2.75) is 12.8 Å². The van der Waals surface area contributed by atoms with Crippen molar-refractivity contribution in [1.82, 2.24) is 0 Å². The third-order valence-corrected chi connectivity index (χ3v) is 1.98. The molecule has 84 valence electrons. The lowest BCUT2D eigenvalue weighted by Gasteiger charge is -2.06. The van der Waals surface area contributed by atoms with Crippen LogP contribution in [0, 0.1) is 11.3 Å². The van der Waals surface area contributed by atoms with Crippen molar-refractivity contribution in [1.29, 1.82) is 5.26 Å². The van der Waals surface area contributed by atoms with Gasteiger partial charge in [0.05, 0.1) is 32.6 Å². The van der Waals surface area contributed by atoms with Gasteiger partial charge in [0, 0.05) is 0 Å². The molecule has 0 spiro atoms. The Morgan fingerprint density at radius 1 is 1.50 bits per heavy atom. The highest BCUT2D eigenvalue weighted by Crippen LogP contribution is 2.13. The molecule has 0 unspecified atom stereocenters. The number of esters is 1. The lowest BCUT2D eigenvalue weighted by Crippen LogP contribution is -2.07. The Balaban J connectivity index is 2.45. The molecule has 4 heteroatoms. The minimum Gasteiger partial charge on any atom is -0.493 e. The van der Waals surface area contributed by atoms with Gasteiger partial charge in [-0.2, -0.15) is 5.26 Å². The summed E-state index contributed by atoms with van der Waals surface area (Å²) in [5.74, 6) is 0.366. The van der Waals surface area contributed by atoms with Gasteiger partial charge in [-0.15, -0.1) is 0 Å². The van der Waals surface area contributed by atoms with Gasteiger partial charge in [0.15, 0.2) is 0 Å². The van der Waals surface area contributed by atoms with Gasteiger partial charge in [-0.1, -0.05) is 12.1 Å². The van der Waals surface area contributed by atoms with Crippen molar-refractivity contribution in [3.63, 3.8) is 0 Å². The highest BCUT2D eigenvalue weighted by Gasteiger charge is 2.01. The maximum absolute atomic E-state index is 10.8. The first-order valence-corrected chi connectivity index (χ1v) is 4.91. The van der Waals surface area contributed by atoms with Gasteiger partial charge in [0.1, 0.15) is 5.75 Å². The van der Waals surface area contributed by atoms with Crippen LogP contribution in [0.2, 0.25) is 0 Å². The Labute approximate surface area is 94.4 Å². The number of hydrogen-bond donors (Lipinski definition) is 0. The van der Waals surface area contributed by atoms with Gasteiger partial charge in [-0.05, 0) is 17.7 Å². The van der Waals surface area contributed by atoms with E-state index in [-0.39, 0.29) is 19.0 Å². The SMILES string of the molecule is COC(=O)CCOc1cccc(CC#N)c1. The summed E-state index contributed by atoms with van der Waals surface area (Å²) in [4.78, 5) is 10.8. The lowest BCUT2D eigenvalue weighted by molar-refractivity contribution is -0.141. The van der Waals surface area contributed by atoms with Gasteiger partial charge in [0.25, 0.3) is 0 Å². The summed E-state index contributed by atoms with van der Waals surface area (Å²) in [5.41, 5.74) is 0.901. The highest BCUT2D eigenvalue weighted by atomic mass is 16.5. The second-order valence-corrected chi connectivity index (χ2v) is 3.16. The molecule has 0 aliphatic heterocycles. The molecule has 0 amide bonds. The van der Waals surface area contributed by atoms with E-state index in [1.54, 1.807) is 12.1 Å². The summed E-state index contributed by atoms with van der Waals surface area (Å²) in [6.07, 6.45) is 0.577. The zero-order chi connectivity index (χ0) is 11.8. The van der Waals surface area contributed by atoms with Crippen LogP contribution in [0.4, 0.5) is 0 Å². The Hall–Kier alpha value is -2.02. The predicted octanol–water partition coefficient (Wildman–Crippen LogP) is 1.69. The Bertz CT molecular complexity index is 395. The second kappa shape index (κ2) is 6.46. The summed E-state index contributed by atoms with van der Waals surface area (Å²) in [7, 11) is 1.34. The Kier molecular flexibility index (Phi) is 4.87. The molecule has 16 heavy (non-hydrogen) atoms. The van der Waals surface area contributed by atoms with Crippen molar-refractivity contribution >= 4 is 5.97 Å². The molecule has 0 saturated carbocycles. The zero-order valence-corrected chi connectivity index (χ0v) is 9.10. The topological polar surface area (TPSA) is 59.3 Å². The number of carbonyl (C=O) groups excluding carboxylic acids is 1. The lowest BCUT2D eigenvalue weighted by atomic mass is 10.1. The van der Waals surface area contributed by atoms with Crippen LogP contribution in [0.15, 0.2) is 24.3 Å². The molecule has 0 radical (unpaired) electrons. The normalized spacial score (nSPS) is 9.25. The van der Waals surface area contributed by atoms with Crippen LogP contribution in [0.5, 0.6) is 5.75 Å². The number of methoxy groups -OCH3 is 1. The molecule has 0 bridgehead atoms. The van der Waals surface area contributed by atoms with Gasteiger partial charge in [-0.3, -0.25) is 4.79 Å². The van der Waals surface area contributed by atoms with Crippen LogP contribution in [0.3, 0.4) is 0 Å². The molecular weight excluding hydrogens is 206 g/mol. The molecule has 0 N–H and O–H groups in total. The summed E-state index contributed by atoms with van der Waals surface area (Å²) in [6.45, 7) is 0.280. The molecule has 4 nitrogen and oxygen atoms in total. The quantitative estimate of drug-likeness (QED) is 0.707. The standard InChI is InChI=1S/C12H13NO3/c1-15-12(14)6-8-16-11-4-2-3-10(9-11)5-7-13/h2-4,9H,5-6,8H2,1H3. The first-order valence-electron chi connectivity index (χ1n) is 4.91. The van der Waals surface area contributed by atoms with E-state index in [9.17, 15) is 4.79 Å². The summed E-state index contributed by atoms with van der Waals surface area (Å²) in [6, 6.07) is 9.32. The molecule has 1 aromatic rings. The minimum absolute atomic E-state index is 0.221. The molecule has 0 aliphatic carbocycles. The summed E-state index contributed by atoms with van der Waals surface area (Å²) in [5, 5.41) is 8.54. The number of hydrogen-bond acceptors (Lipinski definition) is 4. The van der Waals surface area contributed by atoms with Crippen LogP contribution >= 0.6 is 0 Å². The molecular formula is C12H13NO3. The van der Waals surface area contributed by atoms with E-state index in [2.05, 4.69) is 10.8 Å². The first kappa shape index (κ1) is 12.1. The number of rotatable bonds is 5. The maximum atomic E-state index is 10.8. The van der Waals surface area contributed by atoms with E-state index in [1.807, 2.05) is 12.1 Å². The first-order chi connectivity index (χ1) is 7.76. The van der Waals surface area contributed by atoms with Crippen LogP contribution in [-0.4, -0.2) is 19.7 Å². The number of ether oxygens (including phenoxy) is 2. The minimum atomic E-state index is -0.298. The predicted molar refractivity (Wildman–Crippen MR) is 57.9 cm³/mol. The van der Waals surface area contributed by atoms with E-state index in [1.165, 1.54) is 7.11 Å². The highest BCUT2D eigenvalue weighted by molar-refractivity contribution is 5.69. The molecule has 0 heterocycles. The second-order valence-electron chi connectivity index (χ2n) is 3.16. The van der Waals surface area contributed by atoms with E-state index in [4.69, 9.17) is 10.00 Å². The van der Waals surface area contributed by atoms with Gasteiger partial charge < -0.3 is 9.47 Å². The summed E-state index contributed by atoms with van der Waals surface area (Å²) >= 11 is 0. The molecule has 0 fully saturated rings. The van der Waals surface area contributed by atoms with Crippen molar-refractivity contribution < 1.29 is 14.3 Å².